The molecule has 1 aromatic rings. The molecule has 92 valence electrons. The molecule has 2 rings (SSSR count). The molecule has 3 heteroatoms. The van der Waals surface area contributed by atoms with Crippen LogP contribution in [0.4, 0.5) is 5.69 Å². The lowest BCUT2D eigenvalue weighted by atomic mass is 10.1. The molecule has 1 aliphatic heterocycles. The maximum absolute atomic E-state index is 4.73. The van der Waals surface area contributed by atoms with E-state index >= 15 is 0 Å². The quantitative estimate of drug-likeness (QED) is 0.856. The van der Waals surface area contributed by atoms with Crippen LogP contribution in [0, 0.1) is 13.8 Å². The molecule has 1 N–H and O–H groups in total. The first kappa shape index (κ1) is 12.5. The molecule has 0 radical (unpaired) electrons. The van der Waals surface area contributed by atoms with Gasteiger partial charge in [0.15, 0.2) is 5.17 Å². The maximum Gasteiger partial charge on any atom is 0.161 e. The summed E-state index contributed by atoms with van der Waals surface area (Å²) in [5.74, 6) is 1.18. The Balaban J connectivity index is 2.12. The summed E-state index contributed by atoms with van der Waals surface area (Å²) < 4.78 is 0. The Bertz CT molecular complexity index is 426. The first-order chi connectivity index (χ1) is 8.19. The first-order valence-electron chi connectivity index (χ1n) is 6.24. The number of hydrogen-bond acceptors (Lipinski definition) is 3. The van der Waals surface area contributed by atoms with Crippen LogP contribution in [-0.4, -0.2) is 17.0 Å². The van der Waals surface area contributed by atoms with Gasteiger partial charge in [-0.15, -0.1) is 0 Å². The number of thioether (sulfide) groups is 1. The van der Waals surface area contributed by atoms with Crippen molar-refractivity contribution in [2.75, 3.05) is 11.1 Å². The zero-order valence-corrected chi connectivity index (χ0v) is 11.6. The van der Waals surface area contributed by atoms with Crippen molar-refractivity contribution in [3.05, 3.63) is 29.3 Å². The van der Waals surface area contributed by atoms with Crippen LogP contribution in [0.1, 0.15) is 30.9 Å². The number of hydrogen-bond donors (Lipinski definition) is 1. The lowest BCUT2D eigenvalue weighted by molar-refractivity contribution is 0.634. The van der Waals surface area contributed by atoms with Crippen molar-refractivity contribution in [1.29, 1.82) is 0 Å². The Morgan fingerprint density at radius 2 is 2.24 bits per heavy atom. The van der Waals surface area contributed by atoms with Crippen molar-refractivity contribution in [3.8, 4) is 0 Å². The van der Waals surface area contributed by atoms with Gasteiger partial charge in [-0.3, -0.25) is 4.99 Å². The molecule has 0 spiro atoms. The summed E-state index contributed by atoms with van der Waals surface area (Å²) in [6.07, 6.45) is 2.35. The Labute approximate surface area is 108 Å². The fourth-order valence-corrected chi connectivity index (χ4v) is 2.98. The van der Waals surface area contributed by atoms with Crippen LogP contribution in [0.5, 0.6) is 0 Å². The molecule has 0 amide bonds. The van der Waals surface area contributed by atoms with Gasteiger partial charge in [0.05, 0.1) is 6.04 Å². The monoisotopic (exact) mass is 248 g/mol. The summed E-state index contributed by atoms with van der Waals surface area (Å²) in [4.78, 5) is 4.73. The van der Waals surface area contributed by atoms with E-state index in [-0.39, 0.29) is 0 Å². The molecule has 0 aliphatic carbocycles. The summed E-state index contributed by atoms with van der Waals surface area (Å²) in [7, 11) is 0. The van der Waals surface area contributed by atoms with E-state index in [2.05, 4.69) is 44.3 Å². The van der Waals surface area contributed by atoms with Crippen molar-refractivity contribution >= 4 is 22.6 Å². The number of amidine groups is 1. The van der Waals surface area contributed by atoms with Gasteiger partial charge in [0.25, 0.3) is 0 Å². The molecule has 2 nitrogen and oxygen atoms in total. The molecule has 0 fully saturated rings. The van der Waals surface area contributed by atoms with Crippen molar-refractivity contribution < 1.29 is 0 Å². The summed E-state index contributed by atoms with van der Waals surface area (Å²) in [5.41, 5.74) is 3.77. The minimum absolute atomic E-state index is 0.504. The minimum Gasteiger partial charge on any atom is -0.335 e. The number of anilines is 1. The van der Waals surface area contributed by atoms with E-state index in [4.69, 9.17) is 4.99 Å². The van der Waals surface area contributed by atoms with Gasteiger partial charge in [0, 0.05) is 11.4 Å². The van der Waals surface area contributed by atoms with Crippen LogP contribution in [0.2, 0.25) is 0 Å². The van der Waals surface area contributed by atoms with Gasteiger partial charge in [-0.25, -0.2) is 0 Å². The molecule has 1 unspecified atom stereocenters. The maximum atomic E-state index is 4.73. The van der Waals surface area contributed by atoms with Gasteiger partial charge >= 0.3 is 0 Å². The highest BCUT2D eigenvalue weighted by Gasteiger charge is 2.14. The summed E-state index contributed by atoms with van der Waals surface area (Å²) in [6, 6.07) is 6.99. The summed E-state index contributed by atoms with van der Waals surface area (Å²) in [6.45, 7) is 6.47. The van der Waals surface area contributed by atoms with Gasteiger partial charge in [-0.1, -0.05) is 36.4 Å². The van der Waals surface area contributed by atoms with E-state index in [1.54, 1.807) is 0 Å². The summed E-state index contributed by atoms with van der Waals surface area (Å²) >= 11 is 1.83. The molecule has 1 atom stereocenters. The number of nitrogens with one attached hydrogen (secondary N) is 1. The van der Waals surface area contributed by atoms with Crippen molar-refractivity contribution in [1.82, 2.24) is 0 Å². The lowest BCUT2D eigenvalue weighted by Crippen LogP contribution is -2.19. The minimum atomic E-state index is 0.504. The van der Waals surface area contributed by atoms with E-state index in [0.29, 0.717) is 6.04 Å². The zero-order valence-electron chi connectivity index (χ0n) is 10.8. The summed E-state index contributed by atoms with van der Waals surface area (Å²) in [5, 5.41) is 4.53. The standard InChI is InChI=1S/C14H20N2S/c1-4-12-7-8-17-14(15-12)16-13-6-5-10(2)9-11(13)3/h5-6,9,12H,4,7-8H2,1-3H3,(H,15,16). The fraction of sp³-hybridized carbons (Fsp3) is 0.500. The van der Waals surface area contributed by atoms with Crippen LogP contribution in [0.25, 0.3) is 0 Å². The Kier molecular flexibility index (Phi) is 4.11. The largest absolute Gasteiger partial charge is 0.335 e. The Morgan fingerprint density at radius 3 is 2.94 bits per heavy atom. The zero-order chi connectivity index (χ0) is 12.3. The topological polar surface area (TPSA) is 24.4 Å². The lowest BCUT2D eigenvalue weighted by Gasteiger charge is -2.20. The molecule has 0 saturated carbocycles. The highest BCUT2D eigenvalue weighted by atomic mass is 32.2. The Morgan fingerprint density at radius 1 is 1.41 bits per heavy atom. The SMILES string of the molecule is CCC1CCSC(Nc2ccc(C)cc2C)=N1. The number of nitrogens with zero attached hydrogens (tertiary/aromatic N) is 1. The molecular formula is C14H20N2S. The second-order valence-corrected chi connectivity index (χ2v) is 5.66. The Hall–Kier alpha value is -0.960. The third kappa shape index (κ3) is 3.25. The van der Waals surface area contributed by atoms with Crippen molar-refractivity contribution in [2.24, 2.45) is 4.99 Å². The van der Waals surface area contributed by atoms with Crippen molar-refractivity contribution in [3.63, 3.8) is 0 Å². The van der Waals surface area contributed by atoms with Crippen molar-refractivity contribution in [2.45, 2.75) is 39.7 Å². The normalized spacial score (nSPS) is 19.9. The van der Waals surface area contributed by atoms with Crippen LogP contribution in [-0.2, 0) is 0 Å². The molecule has 1 aromatic carbocycles. The smallest absolute Gasteiger partial charge is 0.161 e. The predicted molar refractivity (Wildman–Crippen MR) is 78.1 cm³/mol. The highest BCUT2D eigenvalue weighted by molar-refractivity contribution is 8.14. The molecule has 0 aromatic heterocycles. The van der Waals surface area contributed by atoms with Gasteiger partial charge in [0.1, 0.15) is 0 Å². The molecule has 0 saturated heterocycles. The third-order valence-electron chi connectivity index (χ3n) is 3.08. The number of rotatable bonds is 2. The van der Waals surface area contributed by atoms with Crippen LogP contribution < -0.4 is 5.32 Å². The number of aryl methyl sites for hydroxylation is 2. The second kappa shape index (κ2) is 5.58. The van der Waals surface area contributed by atoms with Crippen LogP contribution in [0.3, 0.4) is 0 Å². The van der Waals surface area contributed by atoms with Gasteiger partial charge in [0.2, 0.25) is 0 Å². The van der Waals surface area contributed by atoms with Gasteiger partial charge in [-0.05, 0) is 38.3 Å². The van der Waals surface area contributed by atoms with Gasteiger partial charge in [-0.2, -0.15) is 0 Å². The number of benzene rings is 1. The molecule has 1 heterocycles. The molecule has 1 aliphatic rings. The van der Waals surface area contributed by atoms with Crippen LogP contribution in [0.15, 0.2) is 23.2 Å². The van der Waals surface area contributed by atoms with E-state index in [1.807, 2.05) is 11.8 Å². The van der Waals surface area contributed by atoms with Gasteiger partial charge < -0.3 is 5.32 Å². The van der Waals surface area contributed by atoms with E-state index in [0.717, 1.165) is 11.6 Å². The van der Waals surface area contributed by atoms with E-state index < -0.39 is 0 Å². The second-order valence-electron chi connectivity index (χ2n) is 4.58. The molecule has 0 bridgehead atoms. The number of aliphatic imine (C=N–C) groups is 1. The molecular weight excluding hydrogens is 228 g/mol. The first-order valence-corrected chi connectivity index (χ1v) is 7.22. The average Bonchev–Trinajstić information content (AvgIpc) is 2.33. The third-order valence-corrected chi connectivity index (χ3v) is 4.01. The van der Waals surface area contributed by atoms with Crippen LogP contribution >= 0.6 is 11.8 Å². The average molecular weight is 248 g/mol. The highest BCUT2D eigenvalue weighted by Crippen LogP contribution is 2.23. The fourth-order valence-electron chi connectivity index (χ4n) is 1.99. The molecule has 17 heavy (non-hydrogen) atoms. The van der Waals surface area contributed by atoms with E-state index in [9.17, 15) is 0 Å². The predicted octanol–water partition coefficient (Wildman–Crippen LogP) is 3.99. The van der Waals surface area contributed by atoms with E-state index in [1.165, 1.54) is 29.0 Å².